The van der Waals surface area contributed by atoms with Crippen LogP contribution < -0.4 is 16.8 Å². The standard InChI is InChI=1S/C24H31N7O2/c1-15-18(11-27-22(26)29-15)16-5-7-17(8-6-16)24(9-4-10-24)21(25)30-20(32)19-12-31(14-28-19)13-23(2,3)33/h5-8,11-12,14-15,33H,4,9-10,13H2,1-3H3,(H2,25,30,32)(H3,26,27,29). The number of nitrogens with zero attached hydrogens (tertiary/aromatic N) is 4. The number of benzene rings is 1. The Morgan fingerprint density at radius 1 is 1.33 bits per heavy atom. The number of carbonyl (C=O) groups excluding carboxylic acids is 1. The normalized spacial score (nSPS) is 20.4. The molecule has 1 aliphatic heterocycles. The number of amides is 1. The van der Waals surface area contributed by atoms with Gasteiger partial charge in [0.05, 0.1) is 29.9 Å². The molecular formula is C24H31N7O2. The quantitative estimate of drug-likeness (QED) is 0.392. The van der Waals surface area contributed by atoms with Crippen LogP contribution in [0.25, 0.3) is 5.57 Å². The minimum atomic E-state index is -0.911. The fourth-order valence-corrected chi connectivity index (χ4v) is 4.39. The Balaban J connectivity index is 1.53. The number of guanidine groups is 1. The predicted molar refractivity (Wildman–Crippen MR) is 129 cm³/mol. The van der Waals surface area contributed by atoms with E-state index in [1.54, 1.807) is 24.6 Å². The molecule has 174 valence electrons. The van der Waals surface area contributed by atoms with E-state index in [4.69, 9.17) is 11.5 Å². The van der Waals surface area contributed by atoms with Crippen LogP contribution in [0.4, 0.5) is 0 Å². The first kappa shape index (κ1) is 22.7. The molecule has 0 bridgehead atoms. The smallest absolute Gasteiger partial charge is 0.298 e. The Bertz CT molecular complexity index is 1130. The highest BCUT2D eigenvalue weighted by Gasteiger charge is 2.43. The molecule has 2 aliphatic rings. The molecule has 2 heterocycles. The summed E-state index contributed by atoms with van der Waals surface area (Å²) < 4.78 is 1.67. The molecule has 4 rings (SSSR count). The van der Waals surface area contributed by atoms with E-state index >= 15 is 0 Å². The predicted octanol–water partition coefficient (Wildman–Crippen LogP) is 1.92. The first-order valence-electron chi connectivity index (χ1n) is 11.1. The molecule has 0 radical (unpaired) electrons. The molecule has 1 aromatic carbocycles. The van der Waals surface area contributed by atoms with Gasteiger partial charge in [0.1, 0.15) is 11.5 Å². The summed E-state index contributed by atoms with van der Waals surface area (Å²) in [5, 5.41) is 12.9. The number of nitrogens with two attached hydrogens (primary N) is 2. The third kappa shape index (κ3) is 4.68. The van der Waals surface area contributed by atoms with Crippen molar-refractivity contribution >= 4 is 23.3 Å². The van der Waals surface area contributed by atoms with Gasteiger partial charge >= 0.3 is 0 Å². The summed E-state index contributed by atoms with van der Waals surface area (Å²) in [5.41, 5.74) is 14.1. The molecule has 2 aromatic rings. The van der Waals surface area contributed by atoms with Crippen LogP contribution in [-0.2, 0) is 12.0 Å². The molecule has 0 saturated heterocycles. The number of amidine groups is 1. The number of aliphatic imine (C=N–C) groups is 2. The Morgan fingerprint density at radius 3 is 2.61 bits per heavy atom. The van der Waals surface area contributed by atoms with E-state index in [1.165, 1.54) is 6.33 Å². The lowest BCUT2D eigenvalue weighted by Gasteiger charge is -2.41. The van der Waals surface area contributed by atoms with Crippen LogP contribution in [0.5, 0.6) is 0 Å². The maximum Gasteiger partial charge on any atom is 0.298 e. The molecule has 1 aromatic heterocycles. The van der Waals surface area contributed by atoms with Gasteiger partial charge in [-0.15, -0.1) is 0 Å². The van der Waals surface area contributed by atoms with Crippen LogP contribution in [0.3, 0.4) is 0 Å². The summed E-state index contributed by atoms with van der Waals surface area (Å²) in [4.78, 5) is 25.5. The number of aromatic nitrogens is 2. The van der Waals surface area contributed by atoms with Crippen LogP contribution in [0.2, 0.25) is 0 Å². The molecule has 1 atom stereocenters. The average molecular weight is 450 g/mol. The van der Waals surface area contributed by atoms with Gasteiger partial charge in [-0.05, 0) is 50.3 Å². The van der Waals surface area contributed by atoms with Crippen molar-refractivity contribution in [3.8, 4) is 0 Å². The number of hydrogen-bond acceptors (Lipinski definition) is 6. The number of aliphatic hydroxyl groups is 1. The monoisotopic (exact) mass is 449 g/mol. The van der Waals surface area contributed by atoms with E-state index in [0.717, 1.165) is 36.0 Å². The van der Waals surface area contributed by atoms with E-state index in [2.05, 4.69) is 32.4 Å². The van der Waals surface area contributed by atoms with E-state index in [9.17, 15) is 9.90 Å². The highest BCUT2D eigenvalue weighted by Crippen LogP contribution is 2.44. The maximum absolute atomic E-state index is 12.7. The molecule has 1 aliphatic carbocycles. The van der Waals surface area contributed by atoms with Crippen molar-refractivity contribution in [2.75, 3.05) is 0 Å². The molecule has 1 amide bonds. The molecule has 33 heavy (non-hydrogen) atoms. The number of hydrogen-bond donors (Lipinski definition) is 4. The molecule has 9 nitrogen and oxygen atoms in total. The van der Waals surface area contributed by atoms with E-state index < -0.39 is 16.9 Å². The Hall–Kier alpha value is -3.46. The van der Waals surface area contributed by atoms with Gasteiger partial charge in [0, 0.05) is 12.4 Å². The Kier molecular flexibility index (Phi) is 5.84. The lowest BCUT2D eigenvalue weighted by atomic mass is 9.63. The first-order chi connectivity index (χ1) is 15.6. The second-order valence-electron chi connectivity index (χ2n) is 9.49. The fraction of sp³-hybridized carbons (Fsp3) is 0.417. The zero-order valence-electron chi connectivity index (χ0n) is 19.2. The highest BCUT2D eigenvalue weighted by molar-refractivity contribution is 6.05. The molecule has 1 saturated carbocycles. The summed E-state index contributed by atoms with van der Waals surface area (Å²) >= 11 is 0. The van der Waals surface area contributed by atoms with E-state index in [-0.39, 0.29) is 11.7 Å². The first-order valence-corrected chi connectivity index (χ1v) is 11.1. The Labute approximate surface area is 193 Å². The van der Waals surface area contributed by atoms with Crippen LogP contribution in [-0.4, -0.2) is 44.0 Å². The summed E-state index contributed by atoms with van der Waals surface area (Å²) in [7, 11) is 0. The lowest BCUT2D eigenvalue weighted by Crippen LogP contribution is -2.47. The number of carbonyl (C=O) groups is 1. The zero-order chi connectivity index (χ0) is 23.8. The van der Waals surface area contributed by atoms with Gasteiger partial charge in [-0.25, -0.2) is 9.98 Å². The van der Waals surface area contributed by atoms with Crippen molar-refractivity contribution < 1.29 is 9.90 Å². The SMILES string of the molecule is CC1N=C(N)NC=C1c1ccc(C2(C(N)=NC(=O)c3cn(CC(C)(C)O)cn3)CCC2)cc1. The number of imidazole rings is 1. The molecular weight excluding hydrogens is 418 g/mol. The van der Waals surface area contributed by atoms with Crippen molar-refractivity contribution in [2.45, 2.75) is 63.6 Å². The number of nitrogens with one attached hydrogen (secondary N) is 1. The molecule has 1 unspecified atom stereocenters. The van der Waals surface area contributed by atoms with Crippen molar-refractivity contribution in [3.05, 3.63) is 59.8 Å². The van der Waals surface area contributed by atoms with Crippen LogP contribution >= 0.6 is 0 Å². The Morgan fingerprint density at radius 2 is 2.03 bits per heavy atom. The van der Waals surface area contributed by atoms with Gasteiger partial charge in [-0.2, -0.15) is 4.99 Å². The molecule has 6 N–H and O–H groups in total. The van der Waals surface area contributed by atoms with Crippen LogP contribution in [0.15, 0.2) is 53.0 Å². The second kappa shape index (κ2) is 8.47. The van der Waals surface area contributed by atoms with Crippen molar-refractivity contribution in [3.63, 3.8) is 0 Å². The van der Waals surface area contributed by atoms with Gasteiger partial charge in [0.25, 0.3) is 5.91 Å². The van der Waals surface area contributed by atoms with Crippen molar-refractivity contribution in [1.82, 2.24) is 14.9 Å². The van der Waals surface area contributed by atoms with Crippen LogP contribution in [0, 0.1) is 0 Å². The summed E-state index contributed by atoms with van der Waals surface area (Å²) in [6.45, 7) is 5.72. The minimum absolute atomic E-state index is 0.0322. The largest absolute Gasteiger partial charge is 0.389 e. The van der Waals surface area contributed by atoms with Crippen molar-refractivity contribution in [2.24, 2.45) is 21.5 Å². The second-order valence-corrected chi connectivity index (χ2v) is 9.49. The maximum atomic E-state index is 12.7. The van der Waals surface area contributed by atoms with Gasteiger partial charge in [-0.1, -0.05) is 30.7 Å². The molecule has 1 fully saturated rings. The van der Waals surface area contributed by atoms with Gasteiger partial charge in [0.2, 0.25) is 0 Å². The highest BCUT2D eigenvalue weighted by atomic mass is 16.3. The fourth-order valence-electron chi connectivity index (χ4n) is 4.39. The van der Waals surface area contributed by atoms with E-state index in [0.29, 0.717) is 18.3 Å². The third-order valence-corrected chi connectivity index (χ3v) is 6.27. The topological polar surface area (TPSA) is 144 Å². The lowest BCUT2D eigenvalue weighted by molar-refractivity contribution is 0.0614. The van der Waals surface area contributed by atoms with Gasteiger partial charge < -0.3 is 26.5 Å². The average Bonchev–Trinajstić information content (AvgIpc) is 3.15. The summed E-state index contributed by atoms with van der Waals surface area (Å²) in [6.07, 6.45) is 7.68. The third-order valence-electron chi connectivity index (χ3n) is 6.27. The molecule has 9 heteroatoms. The van der Waals surface area contributed by atoms with Gasteiger partial charge in [-0.3, -0.25) is 4.79 Å². The van der Waals surface area contributed by atoms with E-state index in [1.807, 2.05) is 25.3 Å². The summed E-state index contributed by atoms with van der Waals surface area (Å²) in [5.74, 6) is 0.246. The minimum Gasteiger partial charge on any atom is -0.389 e. The van der Waals surface area contributed by atoms with Gasteiger partial charge in [0.15, 0.2) is 5.96 Å². The molecule has 0 spiro atoms. The van der Waals surface area contributed by atoms with Crippen molar-refractivity contribution in [1.29, 1.82) is 0 Å². The van der Waals surface area contributed by atoms with Crippen LogP contribution in [0.1, 0.15) is 61.6 Å². The number of rotatable bonds is 6. The zero-order valence-corrected chi connectivity index (χ0v) is 19.2. The summed E-state index contributed by atoms with van der Waals surface area (Å²) in [6, 6.07) is 8.16.